The van der Waals surface area contributed by atoms with Crippen molar-refractivity contribution in [3.8, 4) is 11.3 Å². The highest BCUT2D eigenvalue weighted by Gasteiger charge is 2.18. The maximum absolute atomic E-state index is 13.1. The molecule has 0 aliphatic carbocycles. The summed E-state index contributed by atoms with van der Waals surface area (Å²) in [6.07, 6.45) is 4.59. The molecule has 0 saturated heterocycles. The molecule has 2 aromatic heterocycles. The zero-order valence-corrected chi connectivity index (χ0v) is 15.7. The average Bonchev–Trinajstić information content (AvgIpc) is 2.79. The van der Waals surface area contributed by atoms with Crippen molar-refractivity contribution in [3.05, 3.63) is 96.3 Å². The van der Waals surface area contributed by atoms with Gasteiger partial charge in [-0.25, -0.2) is 4.98 Å². The predicted octanol–water partition coefficient (Wildman–Crippen LogP) is 3.84. The van der Waals surface area contributed by atoms with Crippen molar-refractivity contribution in [2.45, 2.75) is 12.5 Å². The van der Waals surface area contributed by atoms with Crippen LogP contribution in [-0.4, -0.2) is 28.2 Å². The first kappa shape index (κ1) is 18.5. The molecule has 1 amide bonds. The van der Waals surface area contributed by atoms with Crippen LogP contribution in [0.4, 0.5) is 0 Å². The van der Waals surface area contributed by atoms with Gasteiger partial charge in [0.15, 0.2) is 0 Å². The highest BCUT2D eigenvalue weighted by molar-refractivity contribution is 6.07. The van der Waals surface area contributed by atoms with E-state index < -0.39 is 6.04 Å². The molecule has 29 heavy (non-hydrogen) atoms. The van der Waals surface area contributed by atoms with Crippen LogP contribution in [-0.2, 0) is 11.2 Å². The molecular weight excluding hydrogens is 362 g/mol. The number of hydrogen-bond donors (Lipinski definition) is 1. The number of amides is 1. The fraction of sp³-hybridized carbons (Fsp3) is 0.0833. The Labute approximate surface area is 168 Å². The Morgan fingerprint density at radius 2 is 1.69 bits per heavy atom. The number of carbonyl (C=O) groups excluding carboxylic acids is 2. The van der Waals surface area contributed by atoms with Crippen LogP contribution in [0.1, 0.15) is 15.9 Å². The van der Waals surface area contributed by atoms with Gasteiger partial charge in [-0.05, 0) is 36.2 Å². The van der Waals surface area contributed by atoms with Gasteiger partial charge in [0.25, 0.3) is 5.91 Å². The molecule has 142 valence electrons. The van der Waals surface area contributed by atoms with Crippen LogP contribution < -0.4 is 5.32 Å². The topological polar surface area (TPSA) is 72.0 Å². The number of nitrogens with zero attached hydrogens (tertiary/aromatic N) is 2. The van der Waals surface area contributed by atoms with Crippen LogP contribution in [0.25, 0.3) is 22.2 Å². The molecule has 0 radical (unpaired) electrons. The lowest BCUT2D eigenvalue weighted by Crippen LogP contribution is -2.37. The van der Waals surface area contributed by atoms with E-state index in [2.05, 4.69) is 15.3 Å². The Bertz CT molecular complexity index is 1140. The average molecular weight is 381 g/mol. The van der Waals surface area contributed by atoms with E-state index in [1.54, 1.807) is 18.5 Å². The normalized spacial score (nSPS) is 11.7. The van der Waals surface area contributed by atoms with Crippen LogP contribution in [0.15, 0.2) is 85.2 Å². The van der Waals surface area contributed by atoms with E-state index >= 15 is 0 Å². The Morgan fingerprint density at radius 1 is 0.966 bits per heavy atom. The van der Waals surface area contributed by atoms with Gasteiger partial charge in [0.05, 0.1) is 22.8 Å². The molecule has 4 aromatic rings. The molecule has 5 nitrogen and oxygen atoms in total. The molecule has 0 bridgehead atoms. The summed E-state index contributed by atoms with van der Waals surface area (Å²) in [5.74, 6) is -0.299. The van der Waals surface area contributed by atoms with Crippen molar-refractivity contribution in [1.82, 2.24) is 15.3 Å². The smallest absolute Gasteiger partial charge is 0.252 e. The van der Waals surface area contributed by atoms with Gasteiger partial charge in [0, 0.05) is 23.3 Å². The van der Waals surface area contributed by atoms with E-state index in [9.17, 15) is 9.59 Å². The van der Waals surface area contributed by atoms with Crippen molar-refractivity contribution in [3.63, 3.8) is 0 Å². The van der Waals surface area contributed by atoms with Crippen molar-refractivity contribution >= 4 is 23.1 Å². The van der Waals surface area contributed by atoms with Gasteiger partial charge in [-0.15, -0.1) is 0 Å². The number of carbonyl (C=O) groups is 2. The SMILES string of the molecule is O=CC(Cc1ccccc1)NC(=O)c1cc(-c2ccncc2)nc2ccccc12. The van der Waals surface area contributed by atoms with Gasteiger partial charge in [0.1, 0.15) is 6.29 Å². The zero-order chi connectivity index (χ0) is 20.1. The molecule has 2 aromatic carbocycles. The summed E-state index contributed by atoms with van der Waals surface area (Å²) in [5, 5.41) is 3.60. The second-order valence-electron chi connectivity index (χ2n) is 6.71. The van der Waals surface area contributed by atoms with E-state index in [1.807, 2.05) is 66.7 Å². The molecule has 1 N–H and O–H groups in total. The minimum absolute atomic E-state index is 0.299. The number of nitrogens with one attached hydrogen (secondary N) is 1. The lowest BCUT2D eigenvalue weighted by atomic mass is 10.0. The van der Waals surface area contributed by atoms with Crippen molar-refractivity contribution < 1.29 is 9.59 Å². The standard InChI is InChI=1S/C24H19N3O2/c28-16-19(14-17-6-2-1-3-7-17)26-24(29)21-15-23(18-10-12-25-13-11-18)27-22-9-5-4-8-20(21)22/h1-13,15-16,19H,14H2,(H,26,29). The summed E-state index contributed by atoms with van der Waals surface area (Å²) in [7, 11) is 0. The fourth-order valence-corrected chi connectivity index (χ4v) is 3.28. The van der Waals surface area contributed by atoms with E-state index in [-0.39, 0.29) is 5.91 Å². The summed E-state index contributed by atoms with van der Waals surface area (Å²) in [5.41, 5.74) is 3.75. The van der Waals surface area contributed by atoms with Crippen LogP contribution in [0, 0.1) is 0 Å². The summed E-state index contributed by atoms with van der Waals surface area (Å²) >= 11 is 0. The molecule has 5 heteroatoms. The zero-order valence-electron chi connectivity index (χ0n) is 15.7. The lowest BCUT2D eigenvalue weighted by Gasteiger charge is -2.15. The summed E-state index contributed by atoms with van der Waals surface area (Å²) < 4.78 is 0. The summed E-state index contributed by atoms with van der Waals surface area (Å²) in [4.78, 5) is 33.4. The summed E-state index contributed by atoms with van der Waals surface area (Å²) in [6, 6.07) is 22.0. The molecular formula is C24H19N3O2. The lowest BCUT2D eigenvalue weighted by molar-refractivity contribution is -0.109. The molecule has 2 heterocycles. The van der Waals surface area contributed by atoms with Crippen LogP contribution >= 0.6 is 0 Å². The van der Waals surface area contributed by atoms with Crippen LogP contribution in [0.3, 0.4) is 0 Å². The highest BCUT2D eigenvalue weighted by atomic mass is 16.2. The number of rotatable bonds is 6. The Morgan fingerprint density at radius 3 is 2.45 bits per heavy atom. The van der Waals surface area contributed by atoms with Gasteiger partial charge in [0.2, 0.25) is 0 Å². The van der Waals surface area contributed by atoms with E-state index in [1.165, 1.54) is 0 Å². The van der Waals surface area contributed by atoms with Crippen molar-refractivity contribution in [2.75, 3.05) is 0 Å². The minimum Gasteiger partial charge on any atom is -0.342 e. The molecule has 0 aliphatic heterocycles. The second kappa shape index (κ2) is 8.44. The quantitative estimate of drug-likeness (QED) is 0.515. The predicted molar refractivity (Wildman–Crippen MR) is 112 cm³/mol. The van der Waals surface area contributed by atoms with Crippen molar-refractivity contribution in [2.24, 2.45) is 0 Å². The number of pyridine rings is 2. The molecule has 0 aliphatic rings. The molecule has 1 unspecified atom stereocenters. The molecule has 0 fully saturated rings. The van der Waals surface area contributed by atoms with Gasteiger partial charge in [-0.1, -0.05) is 48.5 Å². The second-order valence-corrected chi connectivity index (χ2v) is 6.71. The number of aldehydes is 1. The van der Waals surface area contributed by atoms with Crippen LogP contribution in [0.2, 0.25) is 0 Å². The first-order valence-electron chi connectivity index (χ1n) is 9.35. The summed E-state index contributed by atoms with van der Waals surface area (Å²) in [6.45, 7) is 0. The monoisotopic (exact) mass is 381 g/mol. The Balaban J connectivity index is 1.68. The number of fused-ring (bicyclic) bond motifs is 1. The number of para-hydroxylation sites is 1. The number of aromatic nitrogens is 2. The molecule has 0 saturated carbocycles. The fourth-order valence-electron chi connectivity index (χ4n) is 3.28. The third-order valence-corrected chi connectivity index (χ3v) is 4.72. The van der Waals surface area contributed by atoms with E-state index in [0.717, 1.165) is 28.3 Å². The minimum atomic E-state index is -0.610. The van der Waals surface area contributed by atoms with E-state index in [0.29, 0.717) is 17.7 Å². The number of hydrogen-bond acceptors (Lipinski definition) is 4. The molecule has 4 rings (SSSR count). The third-order valence-electron chi connectivity index (χ3n) is 4.72. The van der Waals surface area contributed by atoms with Gasteiger partial charge in [-0.3, -0.25) is 9.78 Å². The number of benzene rings is 2. The molecule has 0 spiro atoms. The first-order chi connectivity index (χ1) is 14.2. The third kappa shape index (κ3) is 4.19. The maximum Gasteiger partial charge on any atom is 0.252 e. The van der Waals surface area contributed by atoms with Gasteiger partial charge >= 0.3 is 0 Å². The van der Waals surface area contributed by atoms with Crippen molar-refractivity contribution in [1.29, 1.82) is 0 Å². The maximum atomic E-state index is 13.1. The largest absolute Gasteiger partial charge is 0.342 e. The molecule has 1 atom stereocenters. The first-order valence-corrected chi connectivity index (χ1v) is 9.35. The van der Waals surface area contributed by atoms with Gasteiger partial charge < -0.3 is 10.1 Å². The van der Waals surface area contributed by atoms with E-state index in [4.69, 9.17) is 0 Å². The Kier molecular flexibility index (Phi) is 5.38. The Hall–Kier alpha value is -3.86. The van der Waals surface area contributed by atoms with Gasteiger partial charge in [-0.2, -0.15) is 0 Å². The highest BCUT2D eigenvalue weighted by Crippen LogP contribution is 2.24. The van der Waals surface area contributed by atoms with Crippen LogP contribution in [0.5, 0.6) is 0 Å².